The normalized spacial score (nSPS) is 11.8. The molecule has 0 aliphatic carbocycles. The van der Waals surface area contributed by atoms with Crippen molar-refractivity contribution in [3.05, 3.63) is 99.7 Å². The molecule has 32 heavy (non-hydrogen) atoms. The van der Waals surface area contributed by atoms with Crippen LogP contribution in [-0.4, -0.2) is 19.5 Å². The van der Waals surface area contributed by atoms with E-state index in [0.717, 1.165) is 29.6 Å². The van der Waals surface area contributed by atoms with Crippen molar-refractivity contribution in [3.63, 3.8) is 0 Å². The van der Waals surface area contributed by atoms with Gasteiger partial charge in [-0.05, 0) is 54.4 Å². The van der Waals surface area contributed by atoms with Gasteiger partial charge < -0.3 is 9.88 Å². The molecule has 0 unspecified atom stereocenters. The van der Waals surface area contributed by atoms with E-state index < -0.39 is 10.0 Å². The van der Waals surface area contributed by atoms with Crippen molar-refractivity contribution in [1.29, 1.82) is 0 Å². The summed E-state index contributed by atoms with van der Waals surface area (Å²) in [7, 11) is -3.66. The van der Waals surface area contributed by atoms with Gasteiger partial charge in [0.25, 0.3) is 0 Å². The van der Waals surface area contributed by atoms with Gasteiger partial charge >= 0.3 is 0 Å². The molecule has 0 radical (unpaired) electrons. The van der Waals surface area contributed by atoms with E-state index in [4.69, 9.17) is 28.3 Å². The average molecular weight is 488 g/mol. The zero-order chi connectivity index (χ0) is 22.7. The van der Waals surface area contributed by atoms with Crippen molar-refractivity contribution in [2.45, 2.75) is 24.4 Å². The van der Waals surface area contributed by atoms with E-state index in [2.05, 4.69) is 28.2 Å². The minimum absolute atomic E-state index is 0.126. The molecule has 0 aliphatic rings. The van der Waals surface area contributed by atoms with Crippen molar-refractivity contribution in [3.8, 4) is 0 Å². The second-order valence-electron chi connectivity index (χ2n) is 7.62. The van der Waals surface area contributed by atoms with Crippen LogP contribution in [0.2, 0.25) is 10.0 Å². The summed E-state index contributed by atoms with van der Waals surface area (Å²) in [6.07, 6.45) is 2.91. The van der Waals surface area contributed by atoms with E-state index in [1.165, 1.54) is 23.1 Å². The average Bonchev–Trinajstić information content (AvgIpc) is 3.11. The molecule has 0 bridgehead atoms. The monoisotopic (exact) mass is 487 g/mol. The molecule has 0 atom stereocenters. The Morgan fingerprint density at radius 2 is 1.59 bits per heavy atom. The van der Waals surface area contributed by atoms with Gasteiger partial charge in [0.2, 0.25) is 10.0 Å². The minimum atomic E-state index is -3.66. The molecule has 0 spiro atoms. The molecule has 0 saturated carbocycles. The van der Waals surface area contributed by atoms with Gasteiger partial charge in [-0.25, -0.2) is 13.6 Å². The topological polar surface area (TPSA) is 77.1 Å². The molecule has 0 amide bonds. The summed E-state index contributed by atoms with van der Waals surface area (Å²) < 4.78 is 24.9. The number of hydrogen-bond acceptors (Lipinski definition) is 3. The lowest BCUT2D eigenvalue weighted by molar-refractivity contribution is 0.597. The third-order valence-electron chi connectivity index (χ3n) is 5.42. The number of halogens is 2. The van der Waals surface area contributed by atoms with Crippen LogP contribution in [0.1, 0.15) is 16.7 Å². The lowest BCUT2D eigenvalue weighted by atomic mass is 10.1. The van der Waals surface area contributed by atoms with E-state index in [9.17, 15) is 8.42 Å². The maximum atomic E-state index is 11.4. The Morgan fingerprint density at radius 3 is 2.28 bits per heavy atom. The molecule has 1 aromatic heterocycles. The van der Waals surface area contributed by atoms with Crippen molar-refractivity contribution in [2.24, 2.45) is 5.14 Å². The molecular weight excluding hydrogens is 465 g/mol. The van der Waals surface area contributed by atoms with Crippen LogP contribution in [0.3, 0.4) is 0 Å². The largest absolute Gasteiger partial charge is 0.343 e. The Morgan fingerprint density at radius 1 is 0.906 bits per heavy atom. The van der Waals surface area contributed by atoms with Crippen LogP contribution in [0.15, 0.2) is 77.8 Å². The first-order valence-electron chi connectivity index (χ1n) is 10.1. The number of fused-ring (bicyclic) bond motifs is 1. The lowest BCUT2D eigenvalue weighted by Gasteiger charge is -2.09. The summed E-state index contributed by atoms with van der Waals surface area (Å²) in [6, 6.07) is 20.5. The fraction of sp³-hybridized carbons (Fsp3) is 0.167. The molecule has 0 aliphatic heterocycles. The SMILES string of the molecule is NS(=O)(=O)c1ccc(CCNCc2cn(Cc3c(Cl)cccc3Cl)c3ccccc23)cc1. The maximum Gasteiger partial charge on any atom is 0.238 e. The summed E-state index contributed by atoms with van der Waals surface area (Å²) in [5.41, 5.74) is 4.26. The Bertz CT molecular complexity index is 1330. The number of rotatable bonds is 8. The molecule has 0 saturated heterocycles. The number of nitrogens with one attached hydrogen (secondary N) is 1. The molecule has 1 heterocycles. The van der Waals surface area contributed by atoms with Crippen molar-refractivity contribution >= 4 is 44.1 Å². The number of primary sulfonamides is 1. The zero-order valence-electron chi connectivity index (χ0n) is 17.3. The Kier molecular flexibility index (Phi) is 6.88. The predicted molar refractivity (Wildman–Crippen MR) is 131 cm³/mol. The third-order valence-corrected chi connectivity index (χ3v) is 7.06. The number of aromatic nitrogens is 1. The molecular formula is C24H23Cl2N3O2S. The molecule has 4 aromatic rings. The van der Waals surface area contributed by atoms with E-state index in [0.29, 0.717) is 23.1 Å². The van der Waals surface area contributed by atoms with E-state index in [1.54, 1.807) is 12.1 Å². The minimum Gasteiger partial charge on any atom is -0.343 e. The summed E-state index contributed by atoms with van der Waals surface area (Å²) >= 11 is 12.8. The number of nitrogens with zero attached hydrogens (tertiary/aromatic N) is 1. The highest BCUT2D eigenvalue weighted by Gasteiger charge is 2.12. The van der Waals surface area contributed by atoms with Gasteiger partial charge in [0, 0.05) is 39.3 Å². The maximum absolute atomic E-state index is 11.4. The van der Waals surface area contributed by atoms with Gasteiger partial charge in [0.1, 0.15) is 0 Å². The fourth-order valence-electron chi connectivity index (χ4n) is 3.75. The van der Waals surface area contributed by atoms with Crippen LogP contribution in [0.5, 0.6) is 0 Å². The molecule has 8 heteroatoms. The van der Waals surface area contributed by atoms with Crippen molar-refractivity contribution in [1.82, 2.24) is 9.88 Å². The van der Waals surface area contributed by atoms with E-state index in [-0.39, 0.29) is 4.90 Å². The Labute approximate surface area is 197 Å². The summed E-state index contributed by atoms with van der Waals surface area (Å²) in [5, 5.41) is 11.1. The second kappa shape index (κ2) is 9.65. The molecule has 4 rings (SSSR count). The van der Waals surface area contributed by atoms with Crippen LogP contribution < -0.4 is 10.5 Å². The van der Waals surface area contributed by atoms with Gasteiger partial charge in [-0.15, -0.1) is 0 Å². The molecule has 166 valence electrons. The van der Waals surface area contributed by atoms with Gasteiger partial charge in [-0.2, -0.15) is 0 Å². The Balaban J connectivity index is 1.45. The number of benzene rings is 3. The molecule has 3 N–H and O–H groups in total. The lowest BCUT2D eigenvalue weighted by Crippen LogP contribution is -2.17. The number of para-hydroxylation sites is 1. The number of hydrogen-bond donors (Lipinski definition) is 2. The quantitative estimate of drug-likeness (QED) is 0.344. The van der Waals surface area contributed by atoms with Crippen LogP contribution in [0.25, 0.3) is 10.9 Å². The third kappa shape index (κ3) is 5.17. The smallest absolute Gasteiger partial charge is 0.238 e. The number of nitrogens with two attached hydrogens (primary N) is 1. The molecule has 0 fully saturated rings. The first kappa shape index (κ1) is 22.8. The van der Waals surface area contributed by atoms with Crippen molar-refractivity contribution in [2.75, 3.05) is 6.54 Å². The van der Waals surface area contributed by atoms with Gasteiger partial charge in [-0.1, -0.05) is 59.6 Å². The van der Waals surface area contributed by atoms with Crippen LogP contribution >= 0.6 is 23.2 Å². The molecule has 5 nitrogen and oxygen atoms in total. The second-order valence-corrected chi connectivity index (χ2v) is 9.99. The van der Waals surface area contributed by atoms with E-state index >= 15 is 0 Å². The molecule has 3 aromatic carbocycles. The van der Waals surface area contributed by atoms with E-state index in [1.807, 2.05) is 30.3 Å². The highest BCUT2D eigenvalue weighted by Crippen LogP contribution is 2.28. The highest BCUT2D eigenvalue weighted by atomic mass is 35.5. The highest BCUT2D eigenvalue weighted by molar-refractivity contribution is 7.89. The predicted octanol–water partition coefficient (Wildman–Crippen LogP) is 4.98. The standard InChI is InChI=1S/C24H23Cl2N3O2S/c25-22-5-3-6-23(26)21(22)16-29-15-18(20-4-1-2-7-24(20)29)14-28-13-12-17-8-10-19(11-9-17)32(27,30)31/h1-11,15,28H,12-14,16H2,(H2,27,30,31). The van der Waals surface area contributed by atoms with Crippen LogP contribution in [0, 0.1) is 0 Å². The summed E-state index contributed by atoms with van der Waals surface area (Å²) in [5.74, 6) is 0. The van der Waals surface area contributed by atoms with Gasteiger partial charge in [0.05, 0.1) is 11.4 Å². The summed E-state index contributed by atoms with van der Waals surface area (Å²) in [6.45, 7) is 2.05. The van der Waals surface area contributed by atoms with Crippen LogP contribution in [0.4, 0.5) is 0 Å². The number of sulfonamides is 1. The first-order chi connectivity index (χ1) is 15.3. The van der Waals surface area contributed by atoms with Crippen LogP contribution in [-0.2, 0) is 29.5 Å². The van der Waals surface area contributed by atoms with Crippen molar-refractivity contribution < 1.29 is 8.42 Å². The van der Waals surface area contributed by atoms with Gasteiger partial charge in [0.15, 0.2) is 0 Å². The van der Waals surface area contributed by atoms with Gasteiger partial charge in [-0.3, -0.25) is 0 Å². The Hall–Kier alpha value is -2.35. The fourth-order valence-corrected chi connectivity index (χ4v) is 4.78. The first-order valence-corrected chi connectivity index (χ1v) is 12.5. The zero-order valence-corrected chi connectivity index (χ0v) is 19.6. The summed E-state index contributed by atoms with van der Waals surface area (Å²) in [4.78, 5) is 0.126.